The third-order valence-corrected chi connectivity index (χ3v) is 4.02. The van der Waals surface area contributed by atoms with Gasteiger partial charge >= 0.3 is 0 Å². The van der Waals surface area contributed by atoms with E-state index in [9.17, 15) is 0 Å². The molecule has 2 rings (SSSR count). The molecule has 1 aromatic rings. The molecule has 0 amide bonds. The lowest BCUT2D eigenvalue weighted by Gasteiger charge is -2.14. The molecule has 1 aliphatic carbocycles. The van der Waals surface area contributed by atoms with Crippen molar-refractivity contribution in [2.45, 2.75) is 37.6 Å². The number of hydrogen-bond acceptors (Lipinski definition) is 0. The highest BCUT2D eigenvalue weighted by molar-refractivity contribution is 6.93. The maximum atomic E-state index is 5.84. The summed E-state index contributed by atoms with van der Waals surface area (Å²) in [7, 11) is 0.520. The van der Waals surface area contributed by atoms with E-state index in [1.165, 1.54) is 31.2 Å². The van der Waals surface area contributed by atoms with Gasteiger partial charge in [0, 0.05) is 0 Å². The zero-order valence-electron chi connectivity index (χ0n) is 8.30. The largest absolute Gasteiger partial charge is 0.176 e. The first-order valence-corrected chi connectivity index (χ1v) is 7.55. The fourth-order valence-corrected chi connectivity index (χ4v) is 3.30. The molecule has 1 aromatic carbocycles. The molecule has 2 radical (unpaired) electrons. The normalized spacial score (nSPS) is 17.5. The monoisotopic (exact) mass is 222 g/mol. The molecule has 0 aliphatic heterocycles. The average molecular weight is 223 g/mol. The maximum Gasteiger partial charge on any atom is 0.176 e. The van der Waals surface area contributed by atoms with Crippen molar-refractivity contribution >= 4 is 19.9 Å². The lowest BCUT2D eigenvalue weighted by molar-refractivity contribution is 0.717. The van der Waals surface area contributed by atoms with Gasteiger partial charge in [-0.05, 0) is 35.9 Å². The lowest BCUT2D eigenvalue weighted by atomic mass is 9.94. The second kappa shape index (κ2) is 4.99. The van der Waals surface area contributed by atoms with Crippen LogP contribution in [-0.4, -0.2) is 8.83 Å². The van der Waals surface area contributed by atoms with E-state index < -0.39 is 0 Å². The summed E-state index contributed by atoms with van der Waals surface area (Å²) in [5.74, 6) is 0.819. The van der Waals surface area contributed by atoms with E-state index in [1.807, 2.05) is 0 Å². The van der Waals surface area contributed by atoms with Crippen molar-refractivity contribution in [1.29, 1.82) is 0 Å². The summed E-state index contributed by atoms with van der Waals surface area (Å²) in [4.78, 5) is 0. The van der Waals surface area contributed by atoms with Gasteiger partial charge in [0.05, 0.1) is 0 Å². The van der Waals surface area contributed by atoms with Crippen LogP contribution in [0.3, 0.4) is 0 Å². The zero-order valence-corrected chi connectivity index (χ0v) is 10.1. The first-order chi connectivity index (χ1) is 6.92. The Labute approximate surface area is 93.2 Å². The Morgan fingerprint density at radius 3 is 2.64 bits per heavy atom. The predicted molar refractivity (Wildman–Crippen MR) is 63.0 cm³/mol. The van der Waals surface area contributed by atoms with E-state index in [2.05, 4.69) is 24.3 Å². The van der Waals surface area contributed by atoms with Crippen molar-refractivity contribution in [2.75, 3.05) is 0 Å². The quantitative estimate of drug-likeness (QED) is 0.541. The van der Waals surface area contributed by atoms with Crippen molar-refractivity contribution in [3.63, 3.8) is 0 Å². The van der Waals surface area contributed by atoms with Crippen LogP contribution in [0.2, 0.25) is 0 Å². The fourth-order valence-electron chi connectivity index (χ4n) is 2.40. The van der Waals surface area contributed by atoms with Crippen LogP contribution in [0.5, 0.6) is 0 Å². The summed E-state index contributed by atoms with van der Waals surface area (Å²) in [6.45, 7) is 0. The minimum Gasteiger partial charge on any atom is -0.171 e. The topological polar surface area (TPSA) is 0 Å². The molecular weight excluding hydrogens is 208 g/mol. The molecule has 0 bridgehead atoms. The highest BCUT2D eigenvalue weighted by Crippen LogP contribution is 2.35. The zero-order chi connectivity index (χ0) is 9.80. The third kappa shape index (κ3) is 2.21. The maximum absolute atomic E-state index is 5.84. The number of rotatable bonds is 3. The van der Waals surface area contributed by atoms with Crippen molar-refractivity contribution in [1.82, 2.24) is 0 Å². The Morgan fingerprint density at radius 2 is 1.93 bits per heavy atom. The predicted octanol–water partition coefficient (Wildman–Crippen LogP) is 3.70. The van der Waals surface area contributed by atoms with Gasteiger partial charge < -0.3 is 0 Å². The molecule has 0 unspecified atom stereocenters. The van der Waals surface area contributed by atoms with Crippen molar-refractivity contribution in [3.05, 3.63) is 35.4 Å². The van der Waals surface area contributed by atoms with Gasteiger partial charge in [0.15, 0.2) is 8.83 Å². The first-order valence-electron chi connectivity index (χ1n) is 5.33. The van der Waals surface area contributed by atoms with Crippen LogP contribution in [0.25, 0.3) is 0 Å². The van der Waals surface area contributed by atoms with Crippen LogP contribution >= 0.6 is 11.1 Å². The highest BCUT2D eigenvalue weighted by Gasteiger charge is 2.18. The lowest BCUT2D eigenvalue weighted by Crippen LogP contribution is -2.00. The average Bonchev–Trinajstić information content (AvgIpc) is 2.72. The smallest absolute Gasteiger partial charge is 0.171 e. The second-order valence-corrected chi connectivity index (χ2v) is 5.41. The van der Waals surface area contributed by atoms with Crippen molar-refractivity contribution in [3.8, 4) is 0 Å². The molecule has 1 fully saturated rings. The minimum atomic E-state index is 0.520. The molecular formula is C12H15ClSi. The Morgan fingerprint density at radius 1 is 1.21 bits per heavy atom. The summed E-state index contributed by atoms with van der Waals surface area (Å²) in [6.07, 6.45) is 5.56. The van der Waals surface area contributed by atoms with Crippen LogP contribution < -0.4 is 0 Å². The minimum absolute atomic E-state index is 0.520. The first kappa shape index (κ1) is 10.3. The van der Waals surface area contributed by atoms with Gasteiger partial charge in [-0.3, -0.25) is 0 Å². The molecule has 0 saturated heterocycles. The molecule has 0 spiro atoms. The van der Waals surface area contributed by atoms with Gasteiger partial charge in [-0.25, -0.2) is 0 Å². The summed E-state index contributed by atoms with van der Waals surface area (Å²) in [5, 5.41) is 0. The van der Waals surface area contributed by atoms with E-state index in [4.69, 9.17) is 11.1 Å². The van der Waals surface area contributed by atoms with Gasteiger partial charge in [0.2, 0.25) is 0 Å². The Hall–Kier alpha value is -0.273. The SMILES string of the molecule is Cl[Si]Cc1ccccc1C1CCCC1. The van der Waals surface area contributed by atoms with Crippen LogP contribution in [0, 0.1) is 0 Å². The number of hydrogen-bond donors (Lipinski definition) is 0. The molecule has 0 aromatic heterocycles. The second-order valence-electron chi connectivity index (χ2n) is 3.99. The molecule has 1 saturated carbocycles. The van der Waals surface area contributed by atoms with E-state index in [1.54, 1.807) is 5.56 Å². The number of halogens is 1. The Kier molecular flexibility index (Phi) is 3.65. The summed E-state index contributed by atoms with van der Waals surface area (Å²) in [6, 6.07) is 9.87. The Balaban J connectivity index is 2.21. The van der Waals surface area contributed by atoms with Gasteiger partial charge in [0.25, 0.3) is 0 Å². The Bertz CT molecular complexity index is 292. The molecule has 74 valence electrons. The van der Waals surface area contributed by atoms with Crippen LogP contribution in [0.4, 0.5) is 0 Å². The standard InChI is InChI=1S/C12H15ClSi/c13-14-9-11-7-3-4-8-12(11)10-5-1-2-6-10/h3-4,7-8,10H,1-2,5-6,9H2. The summed E-state index contributed by atoms with van der Waals surface area (Å²) in [5.41, 5.74) is 3.05. The van der Waals surface area contributed by atoms with E-state index in [-0.39, 0.29) is 0 Å². The van der Waals surface area contributed by atoms with Crippen molar-refractivity contribution in [2.24, 2.45) is 0 Å². The van der Waals surface area contributed by atoms with Crippen molar-refractivity contribution < 1.29 is 0 Å². The molecule has 14 heavy (non-hydrogen) atoms. The van der Waals surface area contributed by atoms with Gasteiger partial charge in [-0.2, -0.15) is 11.1 Å². The molecule has 1 aliphatic rings. The molecule has 0 atom stereocenters. The van der Waals surface area contributed by atoms with Crippen LogP contribution in [0.1, 0.15) is 42.7 Å². The highest BCUT2D eigenvalue weighted by atomic mass is 35.6. The molecule has 0 N–H and O–H groups in total. The van der Waals surface area contributed by atoms with Crippen LogP contribution in [-0.2, 0) is 6.04 Å². The number of benzene rings is 1. The summed E-state index contributed by atoms with van der Waals surface area (Å²) < 4.78 is 0. The third-order valence-electron chi connectivity index (χ3n) is 3.11. The molecule has 0 heterocycles. The van der Waals surface area contributed by atoms with E-state index >= 15 is 0 Å². The van der Waals surface area contributed by atoms with E-state index in [0.29, 0.717) is 8.83 Å². The van der Waals surface area contributed by atoms with Gasteiger partial charge in [0.1, 0.15) is 0 Å². The molecule has 2 heteroatoms. The van der Waals surface area contributed by atoms with E-state index in [0.717, 1.165) is 12.0 Å². The van der Waals surface area contributed by atoms with Crippen LogP contribution in [0.15, 0.2) is 24.3 Å². The summed E-state index contributed by atoms with van der Waals surface area (Å²) >= 11 is 5.84. The molecule has 0 nitrogen and oxygen atoms in total. The van der Waals surface area contributed by atoms with Gasteiger partial charge in [-0.1, -0.05) is 37.1 Å². The van der Waals surface area contributed by atoms with Gasteiger partial charge in [-0.15, -0.1) is 0 Å². The fraction of sp³-hybridized carbons (Fsp3) is 0.500.